The molecule has 5 nitrogen and oxygen atoms in total. The molecule has 3 rings (SSSR count). The van der Waals surface area contributed by atoms with Gasteiger partial charge in [0, 0.05) is 36.1 Å². The van der Waals surface area contributed by atoms with E-state index in [0.29, 0.717) is 5.69 Å². The van der Waals surface area contributed by atoms with Crippen molar-refractivity contribution in [2.24, 2.45) is 0 Å². The lowest BCUT2D eigenvalue weighted by Gasteiger charge is -2.34. The number of hydrogen-bond donors (Lipinski definition) is 2. The quantitative estimate of drug-likeness (QED) is 0.810. The molecule has 0 spiro atoms. The topological polar surface area (TPSA) is 81.0 Å². The van der Waals surface area contributed by atoms with E-state index in [1.165, 1.54) is 18.2 Å². The minimum Gasteiger partial charge on any atom is -0.434 e. The molecule has 0 bridgehead atoms. The first-order chi connectivity index (χ1) is 10.7. The first-order valence-electron chi connectivity index (χ1n) is 6.65. The van der Waals surface area contributed by atoms with Crippen LogP contribution < -0.4 is 16.0 Å². The van der Waals surface area contributed by atoms with Crippen LogP contribution in [0.5, 0.6) is 11.6 Å². The van der Waals surface area contributed by atoms with E-state index in [0.717, 1.165) is 0 Å². The molecule has 1 aromatic carbocycles. The van der Waals surface area contributed by atoms with E-state index < -0.39 is 17.4 Å². The molecule has 23 heavy (non-hydrogen) atoms. The molecule has 0 amide bonds. The third-order valence-corrected chi connectivity index (χ3v) is 4.13. The second-order valence-corrected chi connectivity index (χ2v) is 6.18. The van der Waals surface area contributed by atoms with Gasteiger partial charge in [-0.25, -0.2) is 13.9 Å². The molecule has 0 atom stereocenters. The number of H-pyrrole nitrogens is 1. The Labute approximate surface area is 139 Å². The van der Waals surface area contributed by atoms with Gasteiger partial charge in [0.1, 0.15) is 0 Å². The Morgan fingerprint density at radius 3 is 2.43 bits per heavy atom. The van der Waals surface area contributed by atoms with Gasteiger partial charge in [0.05, 0.1) is 10.0 Å². The largest absolute Gasteiger partial charge is 0.434 e. The fourth-order valence-electron chi connectivity index (χ4n) is 2.42. The first kappa shape index (κ1) is 16.0. The van der Waals surface area contributed by atoms with Gasteiger partial charge in [-0.1, -0.05) is 23.2 Å². The average molecular weight is 362 g/mol. The maximum atomic E-state index is 13.0. The number of halogens is 4. The van der Waals surface area contributed by atoms with E-state index in [1.54, 1.807) is 0 Å². The molecule has 1 fully saturated rings. The van der Waals surface area contributed by atoms with Crippen LogP contribution in [0.15, 0.2) is 23.0 Å². The van der Waals surface area contributed by atoms with Gasteiger partial charge in [-0.2, -0.15) is 0 Å². The smallest absolute Gasteiger partial charge is 0.267 e. The molecule has 3 N–H and O–H groups in total. The highest BCUT2D eigenvalue weighted by Crippen LogP contribution is 2.47. The third-order valence-electron chi connectivity index (χ3n) is 3.57. The summed E-state index contributed by atoms with van der Waals surface area (Å²) >= 11 is 12.0. The highest BCUT2D eigenvalue weighted by Gasteiger charge is 2.46. The van der Waals surface area contributed by atoms with Crippen molar-refractivity contribution >= 4 is 28.9 Å². The summed E-state index contributed by atoms with van der Waals surface area (Å²) in [6.45, 7) is 0. The van der Waals surface area contributed by atoms with Gasteiger partial charge >= 0.3 is 0 Å². The molecule has 9 heteroatoms. The van der Waals surface area contributed by atoms with E-state index in [1.807, 2.05) is 0 Å². The van der Waals surface area contributed by atoms with Gasteiger partial charge in [-0.15, -0.1) is 5.10 Å². The molecular weight excluding hydrogens is 351 g/mol. The predicted molar refractivity (Wildman–Crippen MR) is 82.7 cm³/mol. The van der Waals surface area contributed by atoms with Crippen LogP contribution >= 0.6 is 23.2 Å². The van der Waals surface area contributed by atoms with Crippen molar-refractivity contribution in [3.8, 4) is 11.6 Å². The van der Waals surface area contributed by atoms with Gasteiger partial charge in [-0.3, -0.25) is 4.79 Å². The van der Waals surface area contributed by atoms with Crippen LogP contribution in [0.1, 0.15) is 24.3 Å². The van der Waals surface area contributed by atoms with Crippen LogP contribution in [0.2, 0.25) is 10.0 Å². The Kier molecular flexibility index (Phi) is 3.93. The summed E-state index contributed by atoms with van der Waals surface area (Å²) in [6.07, 6.45) is -0.744. The first-order valence-corrected chi connectivity index (χ1v) is 7.40. The Morgan fingerprint density at radius 2 is 1.87 bits per heavy atom. The lowest BCUT2D eigenvalue weighted by Crippen LogP contribution is -2.36. The lowest BCUT2D eigenvalue weighted by atomic mass is 9.77. The number of hydrogen-bond acceptors (Lipinski definition) is 4. The molecule has 0 unspecified atom stereocenters. The van der Waals surface area contributed by atoms with E-state index in [-0.39, 0.29) is 40.1 Å². The zero-order valence-electron chi connectivity index (χ0n) is 11.6. The van der Waals surface area contributed by atoms with Crippen molar-refractivity contribution < 1.29 is 13.5 Å². The van der Waals surface area contributed by atoms with Crippen LogP contribution in [0.25, 0.3) is 0 Å². The summed E-state index contributed by atoms with van der Waals surface area (Å²) in [5.41, 5.74) is 5.64. The number of nitrogens with two attached hydrogens (primary N) is 1. The lowest BCUT2D eigenvalue weighted by molar-refractivity contribution is -0.0870. The minimum absolute atomic E-state index is 0.00314. The second kappa shape index (κ2) is 5.65. The average Bonchev–Trinajstić information content (AvgIpc) is 2.42. The number of nitrogens with one attached hydrogen (secondary N) is 1. The molecule has 1 heterocycles. The van der Waals surface area contributed by atoms with Crippen LogP contribution in [-0.2, 0) is 0 Å². The Hall–Kier alpha value is -1.86. The van der Waals surface area contributed by atoms with Crippen molar-refractivity contribution in [1.82, 2.24) is 10.2 Å². The summed E-state index contributed by atoms with van der Waals surface area (Å²) in [4.78, 5) is 11.8. The van der Waals surface area contributed by atoms with Crippen LogP contribution in [0.4, 0.5) is 14.5 Å². The molecule has 1 aliphatic carbocycles. The van der Waals surface area contributed by atoms with Gasteiger partial charge in [0.2, 0.25) is 11.8 Å². The van der Waals surface area contributed by atoms with Crippen molar-refractivity contribution in [2.45, 2.75) is 24.7 Å². The van der Waals surface area contributed by atoms with E-state index >= 15 is 0 Å². The number of ether oxygens (including phenoxy) is 1. The summed E-state index contributed by atoms with van der Waals surface area (Å²) in [7, 11) is 0. The highest BCUT2D eigenvalue weighted by molar-refractivity contribution is 6.37. The molecule has 1 aliphatic rings. The molecule has 0 saturated heterocycles. The molecule has 2 aromatic rings. The molecule has 0 aliphatic heterocycles. The summed E-state index contributed by atoms with van der Waals surface area (Å²) in [6, 6.07) is 4.21. The molecule has 1 aromatic heterocycles. The fourth-order valence-corrected chi connectivity index (χ4v) is 3.00. The predicted octanol–water partition coefficient (Wildman–Crippen LogP) is 3.96. The summed E-state index contributed by atoms with van der Waals surface area (Å²) < 4.78 is 31.5. The number of aromatic nitrogens is 2. The zero-order valence-corrected chi connectivity index (χ0v) is 13.1. The van der Waals surface area contributed by atoms with Crippen molar-refractivity contribution in [1.29, 1.82) is 0 Å². The normalized spacial score (nSPS) is 16.9. The maximum absolute atomic E-state index is 13.0. The number of rotatable bonds is 3. The molecule has 1 saturated carbocycles. The number of anilines is 1. The molecule has 0 radical (unpaired) electrons. The minimum atomic E-state index is -2.73. The number of nitrogens with zero attached hydrogens (tertiary/aromatic N) is 1. The third kappa shape index (κ3) is 3.25. The second-order valence-electron chi connectivity index (χ2n) is 5.37. The van der Waals surface area contributed by atoms with E-state index in [2.05, 4.69) is 10.2 Å². The van der Waals surface area contributed by atoms with Crippen molar-refractivity contribution in [2.75, 3.05) is 5.73 Å². The highest BCUT2D eigenvalue weighted by atomic mass is 35.5. The summed E-state index contributed by atoms with van der Waals surface area (Å²) in [5, 5.41) is 6.28. The fraction of sp³-hybridized carbons (Fsp3) is 0.286. The molecule has 122 valence electrons. The Bertz CT molecular complexity index is 795. The van der Waals surface area contributed by atoms with Crippen LogP contribution in [-0.4, -0.2) is 16.1 Å². The SMILES string of the molecule is Nc1cc(Cl)c(Oc2cc(C3CC(F)(F)C3)c(=O)[nH]n2)c(Cl)c1. The monoisotopic (exact) mass is 361 g/mol. The number of nitrogen functional groups attached to an aromatic ring is 1. The number of benzene rings is 1. The van der Waals surface area contributed by atoms with Gasteiger partial charge in [0.25, 0.3) is 5.56 Å². The zero-order chi connectivity index (χ0) is 16.8. The summed E-state index contributed by atoms with van der Waals surface area (Å²) in [5.74, 6) is -3.14. The standard InChI is InChI=1S/C14H11Cl2F2N3O2/c15-9-1-7(19)2-10(16)12(9)23-11-3-8(13(22)21-20-11)6-4-14(17,18)5-6/h1-3,6H,4-5,19H2,(H,21,22). The Morgan fingerprint density at radius 1 is 1.26 bits per heavy atom. The van der Waals surface area contributed by atoms with Gasteiger partial charge in [0.15, 0.2) is 5.75 Å². The van der Waals surface area contributed by atoms with Crippen LogP contribution in [0, 0.1) is 0 Å². The van der Waals surface area contributed by atoms with Gasteiger partial charge < -0.3 is 10.5 Å². The number of aromatic amines is 1. The van der Waals surface area contributed by atoms with Crippen molar-refractivity contribution in [3.63, 3.8) is 0 Å². The maximum Gasteiger partial charge on any atom is 0.267 e. The van der Waals surface area contributed by atoms with E-state index in [4.69, 9.17) is 33.7 Å². The van der Waals surface area contributed by atoms with Crippen molar-refractivity contribution in [3.05, 3.63) is 44.2 Å². The Balaban J connectivity index is 1.89. The van der Waals surface area contributed by atoms with Gasteiger partial charge in [-0.05, 0) is 12.1 Å². The van der Waals surface area contributed by atoms with E-state index in [9.17, 15) is 13.6 Å². The van der Waals surface area contributed by atoms with Crippen LogP contribution in [0.3, 0.4) is 0 Å². The molecular formula is C14H11Cl2F2N3O2. The number of alkyl halides is 2.